The molecule has 0 aliphatic rings. The van der Waals surface area contributed by atoms with Gasteiger partial charge in [0.05, 0.1) is 6.61 Å². The monoisotopic (exact) mass is 871 g/mol. The minimum atomic E-state index is -0.538. The topological polar surface area (TPSA) is 61.8 Å². The summed E-state index contributed by atoms with van der Waals surface area (Å²) < 4.78 is 17.4. The molecular weight excluding hydrogens is 765 g/mol. The SMILES string of the molecule is CCCCC/C=C\C/C=C\CCCCCCCCCC(=O)OCC(COCCCCCCCC/C=C\CCCCCCCC)OC(=O)CCCCCCCCCCCCCCC. The van der Waals surface area contributed by atoms with Crippen molar-refractivity contribution in [3.8, 4) is 0 Å². The average Bonchev–Trinajstić information content (AvgIpc) is 3.27. The van der Waals surface area contributed by atoms with E-state index >= 15 is 0 Å². The van der Waals surface area contributed by atoms with Crippen molar-refractivity contribution in [2.75, 3.05) is 19.8 Å². The van der Waals surface area contributed by atoms with Gasteiger partial charge in [0.15, 0.2) is 6.10 Å². The summed E-state index contributed by atoms with van der Waals surface area (Å²) >= 11 is 0. The van der Waals surface area contributed by atoms with Gasteiger partial charge in [0.25, 0.3) is 0 Å². The van der Waals surface area contributed by atoms with Crippen LogP contribution >= 0.6 is 0 Å². The minimum Gasteiger partial charge on any atom is -0.462 e. The molecule has 5 heteroatoms. The lowest BCUT2D eigenvalue weighted by atomic mass is 10.0. The Hall–Kier alpha value is -1.88. The normalized spacial score (nSPS) is 12.4. The Kier molecular flexibility index (Phi) is 51.8. The number of allylic oxidation sites excluding steroid dienone is 6. The first-order valence-electron chi connectivity index (χ1n) is 27.5. The van der Waals surface area contributed by atoms with Crippen LogP contribution in [0.5, 0.6) is 0 Å². The van der Waals surface area contributed by atoms with Gasteiger partial charge < -0.3 is 14.2 Å². The number of carbonyl (C=O) groups excluding carboxylic acids is 2. The molecule has 0 bridgehead atoms. The Bertz CT molecular complexity index is 986. The van der Waals surface area contributed by atoms with E-state index in [2.05, 4.69) is 57.2 Å². The number of hydrogen-bond donors (Lipinski definition) is 0. The van der Waals surface area contributed by atoms with Crippen LogP contribution in [0.3, 0.4) is 0 Å². The standard InChI is InChI=1S/C57H106O5/c1-4-7-10-13-16-19-22-25-27-29-30-33-35-38-41-44-47-50-56(58)61-54-55(62-57(59)51-48-45-42-39-36-32-24-21-18-15-12-9-6-3)53-60-52-49-46-43-40-37-34-31-28-26-23-20-17-14-11-8-5-2/h16,19,25-28,55H,4-15,17-18,20-24,29-54H2,1-3H3/b19-16-,27-25-,28-26-. The first-order chi connectivity index (χ1) is 30.6. The van der Waals surface area contributed by atoms with E-state index in [9.17, 15) is 9.59 Å². The first-order valence-corrected chi connectivity index (χ1v) is 27.5. The maximum absolute atomic E-state index is 12.8. The largest absolute Gasteiger partial charge is 0.462 e. The molecule has 0 saturated heterocycles. The third kappa shape index (κ3) is 50.8. The molecule has 0 aliphatic heterocycles. The molecule has 0 aromatic heterocycles. The van der Waals surface area contributed by atoms with Gasteiger partial charge in [-0.15, -0.1) is 0 Å². The second-order valence-corrected chi connectivity index (χ2v) is 18.5. The molecule has 0 spiro atoms. The summed E-state index contributed by atoms with van der Waals surface area (Å²) in [5, 5.41) is 0. The Morgan fingerprint density at radius 3 is 1.11 bits per heavy atom. The van der Waals surface area contributed by atoms with E-state index in [1.165, 1.54) is 205 Å². The molecule has 1 atom stereocenters. The van der Waals surface area contributed by atoms with Gasteiger partial charge in [0.2, 0.25) is 0 Å². The van der Waals surface area contributed by atoms with Crippen molar-refractivity contribution in [3.63, 3.8) is 0 Å². The van der Waals surface area contributed by atoms with Crippen molar-refractivity contribution in [1.82, 2.24) is 0 Å². The molecule has 5 nitrogen and oxygen atoms in total. The summed E-state index contributed by atoms with van der Waals surface area (Å²) in [4.78, 5) is 25.4. The third-order valence-electron chi connectivity index (χ3n) is 12.1. The lowest BCUT2D eigenvalue weighted by Crippen LogP contribution is -2.30. The first kappa shape index (κ1) is 60.1. The fraction of sp³-hybridized carbons (Fsp3) is 0.860. The van der Waals surface area contributed by atoms with Crippen LogP contribution in [0.15, 0.2) is 36.5 Å². The van der Waals surface area contributed by atoms with E-state index in [1.807, 2.05) is 0 Å². The quantitative estimate of drug-likeness (QED) is 0.0346. The number of hydrogen-bond acceptors (Lipinski definition) is 5. The summed E-state index contributed by atoms with van der Waals surface area (Å²) in [6.45, 7) is 7.82. The van der Waals surface area contributed by atoms with E-state index in [4.69, 9.17) is 14.2 Å². The molecule has 0 radical (unpaired) electrons. The highest BCUT2D eigenvalue weighted by Crippen LogP contribution is 2.15. The lowest BCUT2D eigenvalue weighted by Gasteiger charge is -2.18. The zero-order chi connectivity index (χ0) is 44.9. The second-order valence-electron chi connectivity index (χ2n) is 18.5. The molecule has 0 N–H and O–H groups in total. The Labute approximate surface area is 387 Å². The van der Waals surface area contributed by atoms with E-state index in [0.717, 1.165) is 51.4 Å². The van der Waals surface area contributed by atoms with Gasteiger partial charge in [-0.2, -0.15) is 0 Å². The fourth-order valence-corrected chi connectivity index (χ4v) is 8.01. The van der Waals surface area contributed by atoms with Crippen molar-refractivity contribution in [2.24, 2.45) is 0 Å². The maximum Gasteiger partial charge on any atom is 0.306 e. The van der Waals surface area contributed by atoms with Crippen molar-refractivity contribution >= 4 is 11.9 Å². The van der Waals surface area contributed by atoms with Crippen LogP contribution in [0, 0.1) is 0 Å². The van der Waals surface area contributed by atoms with Crippen molar-refractivity contribution in [2.45, 2.75) is 297 Å². The molecule has 0 aromatic rings. The zero-order valence-electron chi connectivity index (χ0n) is 41.9. The third-order valence-corrected chi connectivity index (χ3v) is 12.1. The van der Waals surface area contributed by atoms with Gasteiger partial charge in [-0.05, 0) is 77.0 Å². The van der Waals surface area contributed by atoms with Crippen molar-refractivity contribution in [1.29, 1.82) is 0 Å². The van der Waals surface area contributed by atoms with Crippen LogP contribution in [0.2, 0.25) is 0 Å². The average molecular weight is 871 g/mol. The van der Waals surface area contributed by atoms with E-state index < -0.39 is 6.10 Å². The molecule has 1 unspecified atom stereocenters. The highest BCUT2D eigenvalue weighted by atomic mass is 16.6. The number of unbranched alkanes of at least 4 members (excludes halogenated alkanes) is 34. The van der Waals surface area contributed by atoms with Gasteiger partial charge in [-0.3, -0.25) is 9.59 Å². The molecule has 62 heavy (non-hydrogen) atoms. The predicted molar refractivity (Wildman–Crippen MR) is 270 cm³/mol. The Morgan fingerprint density at radius 2 is 0.677 bits per heavy atom. The Balaban J connectivity index is 4.24. The van der Waals surface area contributed by atoms with Gasteiger partial charge in [-0.25, -0.2) is 0 Å². The number of carbonyl (C=O) groups is 2. The summed E-state index contributed by atoms with van der Waals surface area (Å²) in [7, 11) is 0. The van der Waals surface area contributed by atoms with E-state index in [1.54, 1.807) is 0 Å². The molecule has 0 amide bonds. The summed E-state index contributed by atoms with van der Waals surface area (Å²) in [5.74, 6) is -0.394. The summed E-state index contributed by atoms with van der Waals surface area (Å²) in [6, 6.07) is 0. The van der Waals surface area contributed by atoms with E-state index in [0.29, 0.717) is 19.4 Å². The molecular formula is C57H106O5. The smallest absolute Gasteiger partial charge is 0.306 e. The van der Waals surface area contributed by atoms with Crippen molar-refractivity contribution in [3.05, 3.63) is 36.5 Å². The van der Waals surface area contributed by atoms with E-state index in [-0.39, 0.29) is 25.2 Å². The zero-order valence-corrected chi connectivity index (χ0v) is 41.9. The summed E-state index contributed by atoms with van der Waals surface area (Å²) in [5.41, 5.74) is 0. The molecule has 0 aliphatic carbocycles. The molecule has 0 heterocycles. The van der Waals surface area contributed by atoms with Crippen LogP contribution in [0.4, 0.5) is 0 Å². The molecule has 0 rings (SSSR count). The molecule has 0 aromatic carbocycles. The second kappa shape index (κ2) is 53.5. The number of rotatable bonds is 51. The highest BCUT2D eigenvalue weighted by molar-refractivity contribution is 5.70. The number of esters is 2. The van der Waals surface area contributed by atoms with Crippen LogP contribution in [-0.4, -0.2) is 37.9 Å². The highest BCUT2D eigenvalue weighted by Gasteiger charge is 2.17. The van der Waals surface area contributed by atoms with Crippen molar-refractivity contribution < 1.29 is 23.8 Å². The predicted octanol–water partition coefficient (Wildman–Crippen LogP) is 18.6. The van der Waals surface area contributed by atoms with Gasteiger partial charge in [0.1, 0.15) is 6.61 Å². The minimum absolute atomic E-state index is 0.0836. The number of ether oxygens (including phenoxy) is 3. The lowest BCUT2D eigenvalue weighted by molar-refractivity contribution is -0.163. The molecule has 0 fully saturated rings. The van der Waals surface area contributed by atoms with Gasteiger partial charge >= 0.3 is 11.9 Å². The Morgan fingerprint density at radius 1 is 0.355 bits per heavy atom. The van der Waals surface area contributed by atoms with Crippen LogP contribution in [-0.2, 0) is 23.8 Å². The van der Waals surface area contributed by atoms with Crippen LogP contribution in [0.1, 0.15) is 290 Å². The van der Waals surface area contributed by atoms with Crippen LogP contribution < -0.4 is 0 Å². The maximum atomic E-state index is 12.8. The fourth-order valence-electron chi connectivity index (χ4n) is 8.01. The summed E-state index contributed by atoms with van der Waals surface area (Å²) in [6.07, 6.45) is 64.4. The molecule has 0 saturated carbocycles. The van der Waals surface area contributed by atoms with Crippen LogP contribution in [0.25, 0.3) is 0 Å². The van der Waals surface area contributed by atoms with Gasteiger partial charge in [0, 0.05) is 19.4 Å². The molecule has 364 valence electrons. The van der Waals surface area contributed by atoms with Gasteiger partial charge in [-0.1, -0.05) is 237 Å².